The van der Waals surface area contributed by atoms with Gasteiger partial charge in [0.25, 0.3) is 11.6 Å². The quantitative estimate of drug-likeness (QED) is 0.241. The molecule has 11 heteroatoms. The van der Waals surface area contributed by atoms with Crippen molar-refractivity contribution in [3.8, 4) is 0 Å². The maximum atomic E-state index is 14.1. The smallest absolute Gasteiger partial charge is 0.273 e. The van der Waals surface area contributed by atoms with E-state index in [0.29, 0.717) is 5.56 Å². The molecule has 0 unspecified atom stereocenters. The molecule has 0 radical (unpaired) electrons. The molecule has 0 saturated carbocycles. The van der Waals surface area contributed by atoms with Gasteiger partial charge in [-0.3, -0.25) is 14.9 Å². The van der Waals surface area contributed by atoms with Gasteiger partial charge < -0.3 is 9.80 Å². The Hall–Kier alpha value is -2.88. The number of nitro groups is 1. The molecule has 2 aromatic carbocycles. The Morgan fingerprint density at radius 1 is 1.03 bits per heavy atom. The summed E-state index contributed by atoms with van der Waals surface area (Å²) in [4.78, 5) is 25.5. The van der Waals surface area contributed by atoms with Crippen LogP contribution < -0.4 is 4.90 Å². The highest BCUT2D eigenvalue weighted by molar-refractivity contribution is 6.31. The fraction of sp³-hybridized carbons (Fsp3) is 0.278. The number of halogens is 5. The van der Waals surface area contributed by atoms with Crippen molar-refractivity contribution in [2.75, 3.05) is 31.1 Å². The Morgan fingerprint density at radius 3 is 2.10 bits per heavy atom. The number of aryl methyl sites for hydroxylation is 1. The molecule has 1 amide bonds. The lowest BCUT2D eigenvalue weighted by Gasteiger charge is -2.36. The van der Waals surface area contributed by atoms with Crippen molar-refractivity contribution in [1.82, 2.24) is 4.90 Å². The van der Waals surface area contributed by atoms with Gasteiger partial charge in [-0.15, -0.1) is 0 Å². The lowest BCUT2D eigenvalue weighted by molar-refractivity contribution is -0.385. The average Bonchev–Trinajstić information content (AvgIpc) is 2.71. The summed E-state index contributed by atoms with van der Waals surface area (Å²) >= 11 is 5.23. The van der Waals surface area contributed by atoms with Crippen LogP contribution in [0.1, 0.15) is 15.9 Å². The van der Waals surface area contributed by atoms with E-state index in [4.69, 9.17) is 11.6 Å². The van der Waals surface area contributed by atoms with Crippen molar-refractivity contribution in [3.05, 3.63) is 67.7 Å². The molecule has 0 aromatic heterocycles. The molecule has 1 aliphatic rings. The first-order valence-electron chi connectivity index (χ1n) is 8.44. The predicted molar refractivity (Wildman–Crippen MR) is 97.2 cm³/mol. The Bertz CT molecular complexity index is 981. The van der Waals surface area contributed by atoms with Crippen LogP contribution in [0.3, 0.4) is 0 Å². The summed E-state index contributed by atoms with van der Waals surface area (Å²) in [5.41, 5.74) is -0.598. The van der Waals surface area contributed by atoms with E-state index < -0.39 is 44.8 Å². The number of carbonyl (C=O) groups excluding carboxylic acids is 1. The fourth-order valence-electron chi connectivity index (χ4n) is 3.13. The minimum Gasteiger partial charge on any atom is -0.363 e. The maximum absolute atomic E-state index is 14.1. The molecular weight excluding hydrogens is 418 g/mol. The van der Waals surface area contributed by atoms with Gasteiger partial charge in [-0.1, -0.05) is 17.7 Å². The zero-order valence-corrected chi connectivity index (χ0v) is 15.8. The average molecular weight is 432 g/mol. The van der Waals surface area contributed by atoms with Crippen molar-refractivity contribution in [2.45, 2.75) is 6.92 Å². The largest absolute Gasteiger partial charge is 0.363 e. The summed E-state index contributed by atoms with van der Waals surface area (Å²) in [6, 6.07) is 4.05. The Kier molecular flexibility index (Phi) is 5.65. The molecule has 0 spiro atoms. The number of piperazine rings is 1. The molecule has 154 valence electrons. The number of amides is 1. The predicted octanol–water partition coefficient (Wildman–Crippen LogP) is 4.08. The van der Waals surface area contributed by atoms with E-state index in [1.54, 1.807) is 6.92 Å². The molecule has 1 heterocycles. The van der Waals surface area contributed by atoms with Crippen LogP contribution in [0, 0.1) is 40.3 Å². The lowest BCUT2D eigenvalue weighted by Crippen LogP contribution is -2.49. The molecule has 1 fully saturated rings. The lowest BCUT2D eigenvalue weighted by atomic mass is 10.1. The van der Waals surface area contributed by atoms with Crippen molar-refractivity contribution >= 4 is 28.9 Å². The SMILES string of the molecule is Cc1ccc(C(=O)N2CCN(c3c(F)c(F)c(Cl)c(F)c3F)CC2)cc1[N+](=O)[O-]. The zero-order chi connectivity index (χ0) is 21.5. The Labute approximate surface area is 167 Å². The zero-order valence-electron chi connectivity index (χ0n) is 15.0. The number of hydrogen-bond donors (Lipinski definition) is 0. The highest BCUT2D eigenvalue weighted by Gasteiger charge is 2.31. The molecule has 1 saturated heterocycles. The van der Waals surface area contributed by atoms with Crippen molar-refractivity contribution in [3.63, 3.8) is 0 Å². The number of carbonyl (C=O) groups is 1. The number of anilines is 1. The summed E-state index contributed by atoms with van der Waals surface area (Å²) in [6.07, 6.45) is 0. The minimum absolute atomic E-state index is 0.00868. The highest BCUT2D eigenvalue weighted by Crippen LogP contribution is 2.34. The van der Waals surface area contributed by atoms with Gasteiger partial charge in [0.1, 0.15) is 10.7 Å². The van der Waals surface area contributed by atoms with Crippen LogP contribution >= 0.6 is 11.6 Å². The van der Waals surface area contributed by atoms with E-state index in [0.717, 1.165) is 11.0 Å². The number of rotatable bonds is 3. The molecule has 0 N–H and O–H groups in total. The van der Waals surface area contributed by atoms with Crippen LogP contribution in [-0.4, -0.2) is 41.9 Å². The second-order valence-corrected chi connectivity index (χ2v) is 6.83. The fourth-order valence-corrected chi connectivity index (χ4v) is 3.29. The van der Waals surface area contributed by atoms with Gasteiger partial charge in [0.15, 0.2) is 23.3 Å². The van der Waals surface area contributed by atoms with Crippen LogP contribution in [0.15, 0.2) is 18.2 Å². The van der Waals surface area contributed by atoms with E-state index in [-0.39, 0.29) is 37.4 Å². The number of hydrogen-bond acceptors (Lipinski definition) is 4. The molecule has 29 heavy (non-hydrogen) atoms. The summed E-state index contributed by atoms with van der Waals surface area (Å²) in [5, 5.41) is 9.78. The van der Waals surface area contributed by atoms with Crippen LogP contribution in [0.5, 0.6) is 0 Å². The van der Waals surface area contributed by atoms with Gasteiger partial charge in [0.2, 0.25) is 0 Å². The van der Waals surface area contributed by atoms with Gasteiger partial charge in [-0.25, -0.2) is 17.6 Å². The van der Waals surface area contributed by atoms with Gasteiger partial charge in [0, 0.05) is 43.4 Å². The molecule has 3 rings (SSSR count). The van der Waals surface area contributed by atoms with Crippen LogP contribution in [0.2, 0.25) is 5.02 Å². The van der Waals surface area contributed by atoms with Crippen molar-refractivity contribution < 1.29 is 27.3 Å². The van der Waals surface area contributed by atoms with Gasteiger partial charge >= 0.3 is 0 Å². The van der Waals surface area contributed by atoms with Gasteiger partial charge in [-0.2, -0.15) is 0 Å². The standard InChI is InChI=1S/C18H14ClF4N3O3/c1-9-2-3-10(8-11(9)26(28)29)18(27)25-6-4-24(5-7-25)17-15(22)13(20)12(19)14(21)16(17)23/h2-3,8H,4-7H2,1H3. The van der Waals surface area contributed by atoms with E-state index in [1.165, 1.54) is 17.0 Å². The molecule has 1 aliphatic heterocycles. The van der Waals surface area contributed by atoms with Crippen LogP contribution in [-0.2, 0) is 0 Å². The monoisotopic (exact) mass is 431 g/mol. The second-order valence-electron chi connectivity index (χ2n) is 6.46. The van der Waals surface area contributed by atoms with E-state index in [2.05, 4.69) is 0 Å². The molecule has 0 bridgehead atoms. The van der Waals surface area contributed by atoms with E-state index >= 15 is 0 Å². The number of benzene rings is 2. The highest BCUT2D eigenvalue weighted by atomic mass is 35.5. The topological polar surface area (TPSA) is 66.7 Å². The first-order valence-corrected chi connectivity index (χ1v) is 8.82. The molecule has 0 aliphatic carbocycles. The summed E-state index contributed by atoms with van der Waals surface area (Å²) in [6.45, 7) is 1.32. The van der Waals surface area contributed by atoms with Gasteiger partial charge in [0.05, 0.1) is 4.92 Å². The van der Waals surface area contributed by atoms with Gasteiger partial charge in [-0.05, 0) is 13.0 Å². The maximum Gasteiger partial charge on any atom is 0.273 e. The third-order valence-electron chi connectivity index (χ3n) is 4.72. The van der Waals surface area contributed by atoms with Crippen molar-refractivity contribution in [1.29, 1.82) is 0 Å². The Morgan fingerprint density at radius 2 is 1.59 bits per heavy atom. The Balaban J connectivity index is 1.79. The first-order chi connectivity index (χ1) is 13.6. The molecule has 2 aromatic rings. The van der Waals surface area contributed by atoms with Crippen molar-refractivity contribution in [2.24, 2.45) is 0 Å². The van der Waals surface area contributed by atoms with Crippen LogP contribution in [0.4, 0.5) is 28.9 Å². The second kappa shape index (κ2) is 7.86. The summed E-state index contributed by atoms with van der Waals surface area (Å²) in [7, 11) is 0. The molecule has 0 atom stereocenters. The third-order valence-corrected chi connectivity index (χ3v) is 5.05. The molecular formula is C18H14ClF4N3O3. The number of nitro benzene ring substituents is 1. The van der Waals surface area contributed by atoms with Crippen LogP contribution in [0.25, 0.3) is 0 Å². The normalized spacial score (nSPS) is 14.3. The minimum atomic E-state index is -1.69. The first kappa shape index (κ1) is 20.8. The van der Waals surface area contributed by atoms with E-state index in [9.17, 15) is 32.5 Å². The molecule has 6 nitrogen and oxygen atoms in total. The third kappa shape index (κ3) is 3.71. The van der Waals surface area contributed by atoms with E-state index in [1.807, 2.05) is 0 Å². The number of nitrogens with zero attached hydrogens (tertiary/aromatic N) is 3. The summed E-state index contributed by atoms with van der Waals surface area (Å²) in [5.74, 6) is -7.09. The summed E-state index contributed by atoms with van der Waals surface area (Å²) < 4.78 is 55.6.